The highest BCUT2D eigenvalue weighted by Crippen LogP contribution is 2.23. The van der Waals surface area contributed by atoms with Gasteiger partial charge in [-0.1, -0.05) is 18.2 Å². The number of hydrogen-bond donors (Lipinski definition) is 2. The Hall–Kier alpha value is -3.86. The van der Waals surface area contributed by atoms with Gasteiger partial charge in [0.1, 0.15) is 17.8 Å². The van der Waals surface area contributed by atoms with Crippen molar-refractivity contribution in [2.24, 2.45) is 0 Å². The van der Waals surface area contributed by atoms with Crippen molar-refractivity contribution >= 4 is 33.8 Å². The van der Waals surface area contributed by atoms with Gasteiger partial charge in [0.25, 0.3) is 0 Å². The highest BCUT2D eigenvalue weighted by molar-refractivity contribution is 5.85. The minimum Gasteiger partial charge on any atom is -0.494 e. The van der Waals surface area contributed by atoms with E-state index in [0.717, 1.165) is 66.5 Å². The number of para-hydroxylation sites is 3. The molecular weight excluding hydrogens is 478 g/mol. The third kappa shape index (κ3) is 9.26. The summed E-state index contributed by atoms with van der Waals surface area (Å²) in [6.07, 6.45) is 4.81. The monoisotopic (exact) mass is 513 g/mol. The number of ether oxygens (including phenoxy) is 1. The van der Waals surface area contributed by atoms with Gasteiger partial charge in [0.15, 0.2) is 11.3 Å². The van der Waals surface area contributed by atoms with E-state index in [1.54, 1.807) is 21.1 Å². The number of unbranched alkanes of at least 4 members (excludes halogenated alkanes) is 2. The van der Waals surface area contributed by atoms with Crippen LogP contribution in [0.15, 0.2) is 42.5 Å². The van der Waals surface area contributed by atoms with Crippen LogP contribution in [-0.2, 0) is 16.1 Å². The highest BCUT2D eigenvalue weighted by Gasteiger charge is 2.18. The van der Waals surface area contributed by atoms with Gasteiger partial charge < -0.3 is 30.7 Å². The van der Waals surface area contributed by atoms with Crippen molar-refractivity contribution in [3.63, 3.8) is 0 Å². The molecule has 1 unspecified atom stereocenters. The fourth-order valence-corrected chi connectivity index (χ4v) is 4.18. The third-order valence-corrected chi connectivity index (χ3v) is 6.01. The molecule has 0 aliphatic heterocycles. The fraction of sp³-hybridized carbons (Fsp3) is 0.462. The number of Topliss-reactive ketones (excluding diaryl/α,β-unsaturated/α-hetero) is 1. The highest BCUT2D eigenvalue weighted by atomic mass is 16.9. The molecule has 0 radical (unpaired) electrons. The van der Waals surface area contributed by atoms with Crippen LogP contribution in [0.5, 0.6) is 5.75 Å². The van der Waals surface area contributed by atoms with Crippen molar-refractivity contribution in [3.05, 3.63) is 57.8 Å². The molecule has 1 amide bonds. The molecule has 1 atom stereocenters. The summed E-state index contributed by atoms with van der Waals surface area (Å²) < 4.78 is 7.79. The third-order valence-electron chi connectivity index (χ3n) is 6.01. The van der Waals surface area contributed by atoms with Gasteiger partial charge in [-0.05, 0) is 51.8 Å². The van der Waals surface area contributed by atoms with Gasteiger partial charge in [-0.25, -0.2) is 4.98 Å². The van der Waals surface area contributed by atoms with E-state index in [4.69, 9.17) is 25.0 Å². The number of likely N-dealkylation sites (N-methyl/N-ethyl adjacent to an activating group) is 1. The van der Waals surface area contributed by atoms with E-state index in [-0.39, 0.29) is 17.7 Å². The molecule has 0 aliphatic rings. The van der Waals surface area contributed by atoms with E-state index in [1.807, 2.05) is 30.3 Å². The molecule has 11 nitrogen and oxygen atoms in total. The van der Waals surface area contributed by atoms with Crippen LogP contribution >= 0.6 is 0 Å². The van der Waals surface area contributed by atoms with Crippen LogP contribution < -0.4 is 19.9 Å². The van der Waals surface area contributed by atoms with Crippen molar-refractivity contribution < 1.29 is 24.0 Å². The van der Waals surface area contributed by atoms with Crippen LogP contribution in [0, 0.1) is 15.3 Å². The number of rotatable bonds is 13. The molecule has 0 spiro atoms. The number of nitrogens with zero attached hydrogens (tertiary/aromatic N) is 3. The van der Waals surface area contributed by atoms with Gasteiger partial charge in [0.2, 0.25) is 16.9 Å². The smallest absolute Gasteiger partial charge is 0.235 e. The first kappa shape index (κ1) is 29.4. The van der Waals surface area contributed by atoms with Crippen LogP contribution in [0.4, 0.5) is 0 Å². The molecule has 0 bridgehead atoms. The van der Waals surface area contributed by atoms with Crippen molar-refractivity contribution in [1.82, 2.24) is 15.6 Å². The second-order valence-electron chi connectivity index (χ2n) is 8.56. The van der Waals surface area contributed by atoms with Gasteiger partial charge in [0, 0.05) is 31.5 Å². The van der Waals surface area contributed by atoms with Gasteiger partial charge in [0.05, 0.1) is 18.2 Å². The Bertz CT molecular complexity index is 1200. The largest absolute Gasteiger partial charge is 0.494 e. The second kappa shape index (κ2) is 15.3. The number of fused-ring (bicyclic) bond motifs is 2. The quantitative estimate of drug-likeness (QED) is 0.116. The maximum Gasteiger partial charge on any atom is 0.235 e. The Morgan fingerprint density at radius 3 is 2.43 bits per heavy atom. The number of nitrogens with one attached hydrogen (secondary N) is 2. The molecule has 200 valence electrons. The summed E-state index contributed by atoms with van der Waals surface area (Å²) in [5, 5.41) is 20.8. The number of hydrogen-bond acceptors (Lipinski definition) is 8. The molecule has 0 fully saturated rings. The number of benzene rings is 2. The molecular formula is C26H35N5O6. The van der Waals surface area contributed by atoms with Crippen molar-refractivity contribution in [3.8, 4) is 5.75 Å². The van der Waals surface area contributed by atoms with Crippen molar-refractivity contribution in [2.45, 2.75) is 58.0 Å². The molecule has 37 heavy (non-hydrogen) atoms. The van der Waals surface area contributed by atoms with Gasteiger partial charge >= 0.3 is 0 Å². The predicted molar refractivity (Wildman–Crippen MR) is 141 cm³/mol. The lowest BCUT2D eigenvalue weighted by Crippen LogP contribution is -2.36. The number of methoxy groups -OCH3 is 1. The summed E-state index contributed by atoms with van der Waals surface area (Å²) in [5.41, 5.74) is 3.88. The van der Waals surface area contributed by atoms with Gasteiger partial charge in [-0.15, -0.1) is 0 Å². The first-order valence-electron chi connectivity index (χ1n) is 12.3. The Morgan fingerprint density at radius 2 is 1.76 bits per heavy atom. The summed E-state index contributed by atoms with van der Waals surface area (Å²) in [5.74, 6) is 1.01. The summed E-state index contributed by atoms with van der Waals surface area (Å²) in [4.78, 5) is 36.7. The van der Waals surface area contributed by atoms with Crippen molar-refractivity contribution in [2.75, 3.05) is 20.7 Å². The Labute approximate surface area is 215 Å². The molecule has 0 saturated carbocycles. The predicted octanol–water partition coefficient (Wildman–Crippen LogP) is 3.08. The number of ketones is 1. The van der Waals surface area contributed by atoms with Crippen LogP contribution in [0.1, 0.15) is 45.4 Å². The minimum atomic E-state index is -1.75. The number of amides is 1. The first-order valence-corrected chi connectivity index (χ1v) is 12.3. The molecule has 1 heterocycles. The van der Waals surface area contributed by atoms with E-state index in [1.165, 1.54) is 0 Å². The standard InChI is InChI=1S/C26H34N4O3.NO3/c1-19(31)20(27-2)11-6-8-17-28-25(32)16-7-9-18-30-22-13-5-4-12-21(22)29-26-23(30)14-10-15-24(26)33-3;2-1(3)4/h4-5,10,12-15,20,27H,6-9,11,16-18H2,1-3H3;/q;-1/p+1. The first-order chi connectivity index (χ1) is 17.8. The molecule has 2 N–H and O–H groups in total. The molecule has 1 aromatic heterocycles. The molecule has 2 aromatic carbocycles. The average Bonchev–Trinajstić information content (AvgIpc) is 2.87. The topological polar surface area (TPSA) is 150 Å². The van der Waals surface area contributed by atoms with E-state index >= 15 is 0 Å². The number of aryl methyl sites for hydroxylation is 1. The maximum absolute atomic E-state index is 12.2. The van der Waals surface area contributed by atoms with E-state index in [0.29, 0.717) is 13.0 Å². The lowest BCUT2D eigenvalue weighted by Gasteiger charge is -2.12. The molecule has 3 rings (SSSR count). The maximum atomic E-state index is 12.2. The summed E-state index contributed by atoms with van der Waals surface area (Å²) >= 11 is 0. The number of carbonyl (C=O) groups excluding carboxylic acids is 2. The van der Waals surface area contributed by atoms with Gasteiger partial charge in [-0.2, -0.15) is 4.57 Å². The summed E-state index contributed by atoms with van der Waals surface area (Å²) in [7, 11) is 3.47. The SMILES string of the molecule is CNC(CCCCNC(=O)CCCC[n+]1c2ccccc2nc2c(OC)cccc21)C(C)=O.O=[N+]([O-])[O-]. The Morgan fingerprint density at radius 1 is 1.05 bits per heavy atom. The average molecular weight is 514 g/mol. The normalized spacial score (nSPS) is 11.4. The molecule has 3 aromatic rings. The second-order valence-corrected chi connectivity index (χ2v) is 8.56. The van der Waals surface area contributed by atoms with Gasteiger partial charge in [-0.3, -0.25) is 9.59 Å². The number of aromatic nitrogens is 2. The zero-order chi connectivity index (χ0) is 27.2. The fourth-order valence-electron chi connectivity index (χ4n) is 4.18. The van der Waals surface area contributed by atoms with Crippen molar-refractivity contribution in [1.29, 1.82) is 0 Å². The summed E-state index contributed by atoms with van der Waals surface area (Å²) in [6.45, 7) is 3.06. The number of carbonyl (C=O) groups is 2. The van der Waals surface area contributed by atoms with E-state index in [2.05, 4.69) is 27.3 Å². The Kier molecular flexibility index (Phi) is 12.1. The zero-order valence-corrected chi connectivity index (χ0v) is 21.6. The van der Waals surface area contributed by atoms with E-state index < -0.39 is 5.09 Å². The lowest BCUT2D eigenvalue weighted by atomic mass is 10.1. The van der Waals surface area contributed by atoms with Crippen LogP contribution in [0.2, 0.25) is 0 Å². The Balaban J connectivity index is 0.00000112. The van der Waals surface area contributed by atoms with Crippen LogP contribution in [0.25, 0.3) is 22.1 Å². The molecule has 11 heteroatoms. The van der Waals surface area contributed by atoms with Crippen LogP contribution in [-0.4, -0.2) is 48.5 Å². The van der Waals surface area contributed by atoms with E-state index in [9.17, 15) is 9.59 Å². The minimum absolute atomic E-state index is 0.0847. The van der Waals surface area contributed by atoms with Crippen LogP contribution in [0.3, 0.4) is 0 Å². The molecule has 0 saturated heterocycles. The zero-order valence-electron chi connectivity index (χ0n) is 21.6. The summed E-state index contributed by atoms with van der Waals surface area (Å²) in [6, 6.07) is 14.0. The lowest BCUT2D eigenvalue weighted by molar-refractivity contribution is -0.646. The molecule has 0 aliphatic carbocycles.